The van der Waals surface area contributed by atoms with Gasteiger partial charge in [0.2, 0.25) is 5.95 Å². The second-order valence-corrected chi connectivity index (χ2v) is 6.52. The van der Waals surface area contributed by atoms with Gasteiger partial charge in [-0.15, -0.1) is 0 Å². The number of hydrogen-bond acceptors (Lipinski definition) is 6. The van der Waals surface area contributed by atoms with Crippen LogP contribution in [0.15, 0.2) is 41.5 Å². The van der Waals surface area contributed by atoms with E-state index >= 15 is 0 Å². The van der Waals surface area contributed by atoms with E-state index in [2.05, 4.69) is 25.3 Å². The molecule has 172 valence electrons. The number of benzene rings is 1. The lowest BCUT2D eigenvalue weighted by atomic mass is 10.1. The van der Waals surface area contributed by atoms with E-state index in [0.29, 0.717) is 11.6 Å². The number of nitrogens with zero attached hydrogens (tertiary/aromatic N) is 3. The Morgan fingerprint density at radius 1 is 1.25 bits per heavy atom. The molecule has 0 saturated heterocycles. The summed E-state index contributed by atoms with van der Waals surface area (Å²) >= 11 is 0. The number of aryl methyl sites for hydroxylation is 1. The molecule has 2 heterocycles. The number of anilines is 2. The van der Waals surface area contributed by atoms with Crippen molar-refractivity contribution in [1.82, 2.24) is 15.0 Å². The summed E-state index contributed by atoms with van der Waals surface area (Å²) in [6.07, 6.45) is 7.12. The van der Waals surface area contributed by atoms with Crippen LogP contribution in [-0.4, -0.2) is 33.2 Å². The summed E-state index contributed by atoms with van der Waals surface area (Å²) in [4.78, 5) is 36.9. The summed E-state index contributed by atoms with van der Waals surface area (Å²) < 4.78 is 0. The molecule has 0 spiro atoms. The van der Waals surface area contributed by atoms with Gasteiger partial charge < -0.3 is 15.1 Å². The molecule has 0 aliphatic carbocycles. The fourth-order valence-corrected chi connectivity index (χ4v) is 2.86. The number of allylic oxidation sites excluding steroid dienone is 1. The second-order valence-electron chi connectivity index (χ2n) is 6.52. The number of Topliss-reactive ketones (excluding diaryl/α,β-unsaturated/α-hetero) is 1. The van der Waals surface area contributed by atoms with E-state index in [-0.39, 0.29) is 7.21 Å². The van der Waals surface area contributed by atoms with Crippen LogP contribution in [0.3, 0.4) is 0 Å². The zero-order valence-electron chi connectivity index (χ0n) is 20.0. The number of carbonyl (C=O) groups is 2. The monoisotopic (exact) mass is 437 g/mol. The van der Waals surface area contributed by atoms with Crippen molar-refractivity contribution in [3.8, 4) is 0 Å². The van der Waals surface area contributed by atoms with Gasteiger partial charge in [0.1, 0.15) is 6.29 Å². The molecule has 2 aromatic heterocycles. The molecule has 0 fully saturated rings. The SMILES string of the molecule is C/C=C(\N=CCC)c1ccnc(Nc2cc(C)c3[nH]c(C(C)=O)cc3c2)n1.CC.CC=O.[HH]. The maximum atomic E-state index is 11.6. The van der Waals surface area contributed by atoms with Gasteiger partial charge in [0, 0.05) is 37.4 Å². The summed E-state index contributed by atoms with van der Waals surface area (Å²) in [5.74, 6) is 0.516. The Kier molecular flexibility index (Phi) is 11.3. The van der Waals surface area contributed by atoms with Crippen molar-refractivity contribution in [2.75, 3.05) is 5.32 Å². The van der Waals surface area contributed by atoms with E-state index in [0.717, 1.165) is 46.3 Å². The maximum absolute atomic E-state index is 11.6. The average Bonchev–Trinajstić information content (AvgIpc) is 3.22. The highest BCUT2D eigenvalue weighted by Gasteiger charge is 2.10. The molecule has 3 rings (SSSR count). The number of carbonyl (C=O) groups excluding carboxylic acids is 2. The molecule has 0 bridgehead atoms. The molecular weight excluding hydrogens is 402 g/mol. The smallest absolute Gasteiger partial charge is 0.227 e. The van der Waals surface area contributed by atoms with Crippen molar-refractivity contribution < 1.29 is 11.0 Å². The fraction of sp³-hybridized carbons (Fsp3) is 0.320. The lowest BCUT2D eigenvalue weighted by Crippen LogP contribution is -1.99. The Labute approximate surface area is 191 Å². The molecule has 2 N–H and O–H groups in total. The van der Waals surface area contributed by atoms with E-state index in [1.165, 1.54) is 6.92 Å². The normalized spacial score (nSPS) is 10.8. The van der Waals surface area contributed by atoms with Gasteiger partial charge in [0.05, 0.1) is 17.1 Å². The predicted molar refractivity (Wildman–Crippen MR) is 136 cm³/mol. The van der Waals surface area contributed by atoms with Gasteiger partial charge in [-0.2, -0.15) is 0 Å². The maximum Gasteiger partial charge on any atom is 0.227 e. The van der Waals surface area contributed by atoms with Crippen molar-refractivity contribution in [3.63, 3.8) is 0 Å². The molecule has 0 aliphatic heterocycles. The third kappa shape index (κ3) is 7.27. The first-order chi connectivity index (χ1) is 15.4. The van der Waals surface area contributed by atoms with Crippen molar-refractivity contribution >= 4 is 46.5 Å². The van der Waals surface area contributed by atoms with Gasteiger partial charge in [-0.25, -0.2) is 9.97 Å². The summed E-state index contributed by atoms with van der Waals surface area (Å²) in [6.45, 7) is 13.0. The summed E-state index contributed by atoms with van der Waals surface area (Å²) in [7, 11) is 0. The molecular formula is C25H35N5O2. The number of aromatic amines is 1. The van der Waals surface area contributed by atoms with Crippen molar-refractivity contribution in [2.45, 2.75) is 54.9 Å². The molecule has 1 aromatic carbocycles. The highest BCUT2D eigenvalue weighted by atomic mass is 16.1. The minimum Gasteiger partial charge on any atom is -0.352 e. The van der Waals surface area contributed by atoms with Gasteiger partial charge >= 0.3 is 0 Å². The number of nitrogens with one attached hydrogen (secondary N) is 2. The number of H-pyrrole nitrogens is 1. The molecule has 0 atom stereocenters. The van der Waals surface area contributed by atoms with Gasteiger partial charge in [-0.05, 0) is 57.0 Å². The Balaban J connectivity index is 0.00000158. The second kappa shape index (κ2) is 13.6. The molecule has 0 saturated carbocycles. The molecule has 0 aliphatic rings. The van der Waals surface area contributed by atoms with E-state index in [4.69, 9.17) is 4.79 Å². The fourth-order valence-electron chi connectivity index (χ4n) is 2.86. The molecule has 32 heavy (non-hydrogen) atoms. The average molecular weight is 438 g/mol. The van der Waals surface area contributed by atoms with Gasteiger partial charge in [0.25, 0.3) is 0 Å². The minimum atomic E-state index is 0. The standard InChI is InChI=1S/C21H23N5O.C2H4O.C2H6.H2/c1-5-8-22-17(6-2)18-7-9-23-21(26-18)24-16-10-13(3)20-15(11-16)12-19(25-20)14(4)27;1-2-3;1-2;/h6-12,25H,5H2,1-4H3,(H,23,24,26);2H,1H3;1-2H3;1H/b17-6-,22-8?;;;. The Hall–Kier alpha value is -3.61. The molecule has 7 nitrogen and oxygen atoms in total. The first kappa shape index (κ1) is 26.4. The number of ketones is 1. The van der Waals surface area contributed by atoms with Crippen LogP contribution in [0.25, 0.3) is 16.6 Å². The van der Waals surface area contributed by atoms with E-state index in [1.807, 2.05) is 71.2 Å². The number of rotatable bonds is 6. The number of aldehydes is 1. The highest BCUT2D eigenvalue weighted by Crippen LogP contribution is 2.26. The number of aromatic nitrogens is 3. The molecule has 3 aromatic rings. The van der Waals surface area contributed by atoms with Crippen LogP contribution in [0.2, 0.25) is 0 Å². The lowest BCUT2D eigenvalue weighted by Gasteiger charge is -2.08. The topological polar surface area (TPSA) is 100 Å². The first-order valence-electron chi connectivity index (χ1n) is 10.8. The minimum absolute atomic E-state index is 0. The zero-order chi connectivity index (χ0) is 24.1. The lowest BCUT2D eigenvalue weighted by molar-refractivity contribution is -0.106. The highest BCUT2D eigenvalue weighted by molar-refractivity contribution is 5.99. The van der Waals surface area contributed by atoms with Crippen molar-refractivity contribution in [1.29, 1.82) is 0 Å². The van der Waals surface area contributed by atoms with Crippen molar-refractivity contribution in [3.05, 3.63) is 53.5 Å². The van der Waals surface area contributed by atoms with Crippen LogP contribution in [0, 0.1) is 6.92 Å². The Morgan fingerprint density at radius 2 is 1.94 bits per heavy atom. The van der Waals surface area contributed by atoms with Crippen LogP contribution >= 0.6 is 0 Å². The summed E-state index contributed by atoms with van der Waals surface area (Å²) in [5.41, 5.74) is 5.05. The number of aliphatic imine (C=N–C) groups is 1. The third-order valence-corrected chi connectivity index (χ3v) is 4.17. The molecule has 0 unspecified atom stereocenters. The van der Waals surface area contributed by atoms with Crippen LogP contribution in [0.4, 0.5) is 11.6 Å². The van der Waals surface area contributed by atoms with Crippen molar-refractivity contribution in [2.24, 2.45) is 4.99 Å². The quantitative estimate of drug-likeness (QED) is 0.259. The van der Waals surface area contributed by atoms with Gasteiger partial charge in [-0.3, -0.25) is 9.79 Å². The Morgan fingerprint density at radius 3 is 2.53 bits per heavy atom. The van der Waals surface area contributed by atoms with Crippen LogP contribution in [0.1, 0.15) is 71.1 Å². The van der Waals surface area contributed by atoms with Crippen LogP contribution in [-0.2, 0) is 4.79 Å². The van der Waals surface area contributed by atoms with E-state index < -0.39 is 0 Å². The summed E-state index contributed by atoms with van der Waals surface area (Å²) in [5, 5.41) is 4.22. The van der Waals surface area contributed by atoms with Gasteiger partial charge in [-0.1, -0.05) is 26.8 Å². The van der Waals surface area contributed by atoms with Crippen LogP contribution < -0.4 is 5.32 Å². The first-order valence-corrected chi connectivity index (χ1v) is 10.8. The molecule has 7 heteroatoms. The molecule has 0 amide bonds. The predicted octanol–water partition coefficient (Wildman–Crippen LogP) is 6.53. The Bertz CT molecular complexity index is 1100. The van der Waals surface area contributed by atoms with Gasteiger partial charge in [0.15, 0.2) is 5.78 Å². The van der Waals surface area contributed by atoms with Crippen LogP contribution in [0.5, 0.6) is 0 Å². The third-order valence-electron chi connectivity index (χ3n) is 4.17. The largest absolute Gasteiger partial charge is 0.352 e. The number of fused-ring (bicyclic) bond motifs is 1. The molecule has 0 radical (unpaired) electrons. The zero-order valence-corrected chi connectivity index (χ0v) is 20.0. The number of hydrogen-bond donors (Lipinski definition) is 2. The summed E-state index contributed by atoms with van der Waals surface area (Å²) in [6, 6.07) is 7.69. The van der Waals surface area contributed by atoms with E-state index in [9.17, 15) is 4.79 Å². The van der Waals surface area contributed by atoms with E-state index in [1.54, 1.807) is 13.1 Å².